The van der Waals surface area contributed by atoms with E-state index in [-0.39, 0.29) is 18.2 Å². The Morgan fingerprint density at radius 2 is 1.66 bits per heavy atom. The normalized spacial score (nSPS) is 10.6. The van der Waals surface area contributed by atoms with E-state index in [9.17, 15) is 9.59 Å². The van der Waals surface area contributed by atoms with Crippen molar-refractivity contribution < 1.29 is 9.53 Å². The fraction of sp³-hybridized carbons (Fsp3) is 0.0455. The fourth-order valence-electron chi connectivity index (χ4n) is 2.90. The topological polar surface area (TPSA) is 99.2 Å². The maximum atomic E-state index is 13.0. The molecule has 7 nitrogen and oxygen atoms in total. The van der Waals surface area contributed by atoms with E-state index in [0.29, 0.717) is 16.6 Å². The largest absolute Gasteiger partial charge is 0.459 e. The summed E-state index contributed by atoms with van der Waals surface area (Å²) in [6, 6.07) is 22.9. The van der Waals surface area contributed by atoms with E-state index in [0.717, 1.165) is 10.2 Å². The Hall–Kier alpha value is -4.13. The average Bonchev–Trinajstić information content (AvgIpc) is 2.75. The summed E-state index contributed by atoms with van der Waals surface area (Å²) in [6.45, 7) is 0.189. The Labute approximate surface area is 166 Å². The molecule has 0 saturated heterocycles. The molecule has 0 fully saturated rings. The molecule has 0 atom stereocenters. The number of nitrogens with one attached hydrogen (secondary N) is 1. The van der Waals surface area contributed by atoms with E-state index in [1.54, 1.807) is 48.5 Å². The van der Waals surface area contributed by atoms with E-state index in [1.165, 1.54) is 0 Å². The number of nitrogen functional groups attached to an aromatic ring is 1. The summed E-state index contributed by atoms with van der Waals surface area (Å²) in [6.07, 6.45) is 0. The SMILES string of the molecule is Nc1ccccc1C(=O)Nn1c(OCc2ccccc2)nc2ccccc2c1=O. The van der Waals surface area contributed by atoms with Gasteiger partial charge in [-0.2, -0.15) is 9.66 Å². The van der Waals surface area contributed by atoms with Crippen LogP contribution in [0.5, 0.6) is 6.01 Å². The monoisotopic (exact) mass is 386 g/mol. The van der Waals surface area contributed by atoms with Crippen molar-refractivity contribution >= 4 is 22.5 Å². The van der Waals surface area contributed by atoms with Crippen LogP contribution in [0.2, 0.25) is 0 Å². The molecule has 4 rings (SSSR count). The van der Waals surface area contributed by atoms with E-state index in [1.807, 2.05) is 30.3 Å². The molecule has 7 heteroatoms. The molecule has 4 aromatic rings. The lowest BCUT2D eigenvalue weighted by Gasteiger charge is -2.15. The molecule has 3 aromatic carbocycles. The molecular formula is C22H18N4O3. The molecule has 0 aliphatic rings. The third-order valence-corrected chi connectivity index (χ3v) is 4.37. The Morgan fingerprint density at radius 1 is 0.966 bits per heavy atom. The van der Waals surface area contributed by atoms with Crippen LogP contribution in [-0.2, 0) is 6.61 Å². The molecule has 0 unspecified atom stereocenters. The van der Waals surface area contributed by atoms with E-state index in [2.05, 4.69) is 10.4 Å². The maximum Gasteiger partial charge on any atom is 0.320 e. The molecule has 1 heterocycles. The minimum absolute atomic E-state index is 0.0135. The molecule has 0 aliphatic heterocycles. The molecular weight excluding hydrogens is 368 g/mol. The van der Waals surface area contributed by atoms with Gasteiger partial charge in [0.25, 0.3) is 11.5 Å². The van der Waals surface area contributed by atoms with Crippen LogP contribution in [0.25, 0.3) is 10.9 Å². The third-order valence-electron chi connectivity index (χ3n) is 4.37. The number of ether oxygens (including phenoxy) is 1. The van der Waals surface area contributed by atoms with Crippen LogP contribution in [0, 0.1) is 0 Å². The minimum Gasteiger partial charge on any atom is -0.459 e. The first-order valence-electron chi connectivity index (χ1n) is 8.98. The summed E-state index contributed by atoms with van der Waals surface area (Å²) in [5, 5.41) is 0.362. The summed E-state index contributed by atoms with van der Waals surface area (Å²) < 4.78 is 6.80. The molecule has 0 radical (unpaired) electrons. The van der Waals surface area contributed by atoms with Crippen molar-refractivity contribution in [2.24, 2.45) is 0 Å². The zero-order chi connectivity index (χ0) is 20.2. The Bertz CT molecular complexity index is 1240. The number of rotatable bonds is 5. The van der Waals surface area contributed by atoms with Crippen LogP contribution in [0.4, 0.5) is 5.69 Å². The van der Waals surface area contributed by atoms with Crippen molar-refractivity contribution in [3.05, 3.63) is 100 Å². The van der Waals surface area contributed by atoms with Gasteiger partial charge in [0.1, 0.15) is 6.61 Å². The van der Waals surface area contributed by atoms with Crippen LogP contribution in [-0.4, -0.2) is 15.6 Å². The van der Waals surface area contributed by atoms with Gasteiger partial charge in [-0.05, 0) is 29.8 Å². The van der Waals surface area contributed by atoms with Crippen molar-refractivity contribution in [3.63, 3.8) is 0 Å². The fourth-order valence-corrected chi connectivity index (χ4v) is 2.90. The molecule has 3 N–H and O–H groups in total. The number of nitrogens with two attached hydrogens (primary N) is 1. The number of benzene rings is 3. The summed E-state index contributed by atoms with van der Waals surface area (Å²) in [5.74, 6) is -0.535. The van der Waals surface area contributed by atoms with Gasteiger partial charge in [0.05, 0.1) is 16.5 Å². The number of nitrogens with zero attached hydrogens (tertiary/aromatic N) is 2. The first-order chi connectivity index (χ1) is 14.1. The average molecular weight is 386 g/mol. The van der Waals surface area contributed by atoms with Crippen LogP contribution in [0.3, 0.4) is 0 Å². The van der Waals surface area contributed by atoms with Crippen molar-refractivity contribution in [2.75, 3.05) is 11.2 Å². The van der Waals surface area contributed by atoms with E-state index in [4.69, 9.17) is 10.5 Å². The van der Waals surface area contributed by atoms with Gasteiger partial charge in [0.2, 0.25) is 0 Å². The van der Waals surface area contributed by atoms with Crippen LogP contribution in [0.1, 0.15) is 15.9 Å². The third kappa shape index (κ3) is 3.79. The van der Waals surface area contributed by atoms with Gasteiger partial charge in [0.15, 0.2) is 0 Å². The van der Waals surface area contributed by atoms with Crippen molar-refractivity contribution in [1.29, 1.82) is 0 Å². The zero-order valence-electron chi connectivity index (χ0n) is 15.4. The number of carbonyl (C=O) groups excluding carboxylic acids is 1. The second-order valence-electron chi connectivity index (χ2n) is 6.35. The second kappa shape index (κ2) is 7.85. The van der Waals surface area contributed by atoms with Gasteiger partial charge in [-0.25, -0.2) is 0 Å². The first kappa shape index (κ1) is 18.2. The molecule has 0 bridgehead atoms. The van der Waals surface area contributed by atoms with E-state index >= 15 is 0 Å². The van der Waals surface area contributed by atoms with Gasteiger partial charge in [-0.3, -0.25) is 15.0 Å². The van der Waals surface area contributed by atoms with E-state index < -0.39 is 11.5 Å². The minimum atomic E-state index is -0.535. The molecule has 0 aliphatic carbocycles. The molecule has 144 valence electrons. The van der Waals surface area contributed by atoms with Crippen molar-refractivity contribution in [1.82, 2.24) is 9.66 Å². The molecule has 29 heavy (non-hydrogen) atoms. The van der Waals surface area contributed by atoms with Gasteiger partial charge in [-0.1, -0.05) is 54.6 Å². The number of para-hydroxylation sites is 2. The molecule has 1 aromatic heterocycles. The number of aromatic nitrogens is 2. The number of fused-ring (bicyclic) bond motifs is 1. The number of hydrogen-bond donors (Lipinski definition) is 2. The van der Waals surface area contributed by atoms with Crippen molar-refractivity contribution in [2.45, 2.75) is 6.61 Å². The van der Waals surface area contributed by atoms with Crippen LogP contribution < -0.4 is 21.5 Å². The Kier molecular flexibility index (Phi) is 4.94. The quantitative estimate of drug-likeness (QED) is 0.514. The van der Waals surface area contributed by atoms with Crippen LogP contribution >= 0.6 is 0 Å². The highest BCUT2D eigenvalue weighted by molar-refractivity contribution is 6.04. The Morgan fingerprint density at radius 3 is 2.45 bits per heavy atom. The summed E-state index contributed by atoms with van der Waals surface area (Å²) in [4.78, 5) is 30.1. The second-order valence-corrected chi connectivity index (χ2v) is 6.35. The summed E-state index contributed by atoms with van der Waals surface area (Å²) in [5.41, 5.74) is 9.94. The predicted molar refractivity (Wildman–Crippen MR) is 111 cm³/mol. The highest BCUT2D eigenvalue weighted by Gasteiger charge is 2.17. The maximum absolute atomic E-state index is 13.0. The highest BCUT2D eigenvalue weighted by atomic mass is 16.5. The number of carbonyl (C=O) groups is 1. The predicted octanol–water partition coefficient (Wildman–Crippen LogP) is 2.94. The molecule has 0 spiro atoms. The lowest BCUT2D eigenvalue weighted by molar-refractivity contribution is 0.100. The smallest absolute Gasteiger partial charge is 0.320 e. The summed E-state index contributed by atoms with van der Waals surface area (Å²) >= 11 is 0. The van der Waals surface area contributed by atoms with Gasteiger partial charge in [-0.15, -0.1) is 0 Å². The zero-order valence-corrected chi connectivity index (χ0v) is 15.4. The number of amides is 1. The van der Waals surface area contributed by atoms with Gasteiger partial charge >= 0.3 is 6.01 Å². The standard InChI is InChI=1S/C22H18N4O3/c23-18-12-6-4-10-16(18)20(27)25-26-21(28)17-11-5-7-13-19(17)24-22(26)29-14-15-8-2-1-3-9-15/h1-13H,14,23H2,(H,25,27). The number of anilines is 1. The van der Waals surface area contributed by atoms with Crippen LogP contribution in [0.15, 0.2) is 83.7 Å². The van der Waals surface area contributed by atoms with Crippen molar-refractivity contribution in [3.8, 4) is 6.01 Å². The molecule has 0 saturated carbocycles. The molecule has 1 amide bonds. The highest BCUT2D eigenvalue weighted by Crippen LogP contribution is 2.15. The Balaban J connectivity index is 1.74. The summed E-state index contributed by atoms with van der Waals surface area (Å²) in [7, 11) is 0. The van der Waals surface area contributed by atoms with Gasteiger partial charge in [0, 0.05) is 5.69 Å². The lowest BCUT2D eigenvalue weighted by atomic mass is 10.2. The number of hydrogen-bond acceptors (Lipinski definition) is 5. The van der Waals surface area contributed by atoms with Gasteiger partial charge < -0.3 is 10.5 Å². The lowest BCUT2D eigenvalue weighted by Crippen LogP contribution is -2.35. The first-order valence-corrected chi connectivity index (χ1v) is 8.98.